The van der Waals surface area contributed by atoms with E-state index in [0.29, 0.717) is 17.5 Å². The second-order valence-corrected chi connectivity index (χ2v) is 5.78. The molecule has 1 atom stereocenters. The van der Waals surface area contributed by atoms with E-state index < -0.39 is 5.60 Å². The summed E-state index contributed by atoms with van der Waals surface area (Å²) in [5, 5.41) is 2.74. The highest BCUT2D eigenvalue weighted by molar-refractivity contribution is 5.76. The third-order valence-corrected chi connectivity index (χ3v) is 4.10. The van der Waals surface area contributed by atoms with E-state index in [1.54, 1.807) is 43.3 Å². The fourth-order valence-corrected chi connectivity index (χ4v) is 2.47. The average molecular weight is 333 g/mol. The monoisotopic (exact) mass is 333 g/mol. The second kappa shape index (κ2) is 8.02. The number of benzene rings is 2. The van der Waals surface area contributed by atoms with Crippen molar-refractivity contribution in [2.45, 2.75) is 25.4 Å². The molecule has 24 heavy (non-hydrogen) atoms. The van der Waals surface area contributed by atoms with Gasteiger partial charge < -0.3 is 10.1 Å². The lowest BCUT2D eigenvalue weighted by Crippen LogP contribution is -2.40. The van der Waals surface area contributed by atoms with Crippen LogP contribution >= 0.6 is 0 Å². The Morgan fingerprint density at radius 2 is 1.71 bits per heavy atom. The van der Waals surface area contributed by atoms with Gasteiger partial charge in [-0.1, -0.05) is 36.4 Å². The van der Waals surface area contributed by atoms with Gasteiger partial charge in [-0.25, -0.2) is 8.78 Å². The smallest absolute Gasteiger partial charge is 0.220 e. The van der Waals surface area contributed by atoms with Gasteiger partial charge in [0.2, 0.25) is 5.91 Å². The molecule has 2 rings (SSSR count). The summed E-state index contributed by atoms with van der Waals surface area (Å²) in [4.78, 5) is 12.0. The number of ether oxygens (including phenoxy) is 1. The lowest BCUT2D eigenvalue weighted by molar-refractivity contribution is -0.122. The van der Waals surface area contributed by atoms with Crippen LogP contribution in [-0.2, 0) is 21.6 Å². The normalized spacial score (nSPS) is 13.3. The highest BCUT2D eigenvalue weighted by atomic mass is 19.1. The zero-order chi connectivity index (χ0) is 17.6. The molecule has 1 amide bonds. The van der Waals surface area contributed by atoms with Gasteiger partial charge in [-0.15, -0.1) is 0 Å². The highest BCUT2D eigenvalue weighted by Gasteiger charge is 2.29. The number of carbonyl (C=O) groups is 1. The predicted molar refractivity (Wildman–Crippen MR) is 88.5 cm³/mol. The van der Waals surface area contributed by atoms with Crippen LogP contribution in [0.5, 0.6) is 0 Å². The molecule has 128 valence electrons. The van der Waals surface area contributed by atoms with E-state index in [4.69, 9.17) is 4.74 Å². The summed E-state index contributed by atoms with van der Waals surface area (Å²) in [5.74, 6) is -0.946. The zero-order valence-electron chi connectivity index (χ0n) is 13.8. The summed E-state index contributed by atoms with van der Waals surface area (Å²) < 4.78 is 32.9. The fraction of sp³-hybridized carbons (Fsp3) is 0.316. The molecule has 0 saturated heterocycles. The Bertz CT molecular complexity index is 705. The van der Waals surface area contributed by atoms with Crippen molar-refractivity contribution >= 4 is 5.91 Å². The molecule has 2 aromatic rings. The zero-order valence-corrected chi connectivity index (χ0v) is 13.8. The summed E-state index contributed by atoms with van der Waals surface area (Å²) in [6.45, 7) is 1.84. The van der Waals surface area contributed by atoms with Gasteiger partial charge in [0.25, 0.3) is 0 Å². The van der Waals surface area contributed by atoms with Gasteiger partial charge in [-0.3, -0.25) is 4.79 Å². The van der Waals surface area contributed by atoms with Gasteiger partial charge in [0, 0.05) is 19.1 Å². The van der Waals surface area contributed by atoms with Crippen molar-refractivity contribution in [2.24, 2.45) is 0 Å². The van der Waals surface area contributed by atoms with Crippen molar-refractivity contribution in [3.05, 3.63) is 71.3 Å². The van der Waals surface area contributed by atoms with Gasteiger partial charge >= 0.3 is 0 Å². The van der Waals surface area contributed by atoms with E-state index >= 15 is 0 Å². The molecule has 0 aromatic heterocycles. The van der Waals surface area contributed by atoms with Crippen molar-refractivity contribution in [1.29, 1.82) is 0 Å². The maximum atomic E-state index is 14.0. The molecule has 0 radical (unpaired) electrons. The molecule has 0 aliphatic rings. The van der Waals surface area contributed by atoms with Crippen molar-refractivity contribution in [3.8, 4) is 0 Å². The maximum absolute atomic E-state index is 14.0. The molecular weight excluding hydrogens is 312 g/mol. The van der Waals surface area contributed by atoms with Gasteiger partial charge in [0.15, 0.2) is 0 Å². The van der Waals surface area contributed by atoms with Gasteiger partial charge in [0.1, 0.15) is 17.2 Å². The van der Waals surface area contributed by atoms with Crippen molar-refractivity contribution in [3.63, 3.8) is 0 Å². The number of aryl methyl sites for hydroxylation is 1. The van der Waals surface area contributed by atoms with Gasteiger partial charge in [-0.05, 0) is 31.0 Å². The minimum Gasteiger partial charge on any atom is -0.372 e. The summed E-state index contributed by atoms with van der Waals surface area (Å²) >= 11 is 0. The van der Waals surface area contributed by atoms with Crippen LogP contribution in [0.4, 0.5) is 8.78 Å². The van der Waals surface area contributed by atoms with Crippen LogP contribution < -0.4 is 5.32 Å². The summed E-state index contributed by atoms with van der Waals surface area (Å²) in [7, 11) is 1.47. The number of nitrogens with one attached hydrogen (secondary N) is 1. The average Bonchev–Trinajstić information content (AvgIpc) is 2.59. The van der Waals surface area contributed by atoms with Crippen molar-refractivity contribution < 1.29 is 18.3 Å². The van der Waals surface area contributed by atoms with E-state index in [0.717, 1.165) is 0 Å². The lowest BCUT2D eigenvalue weighted by Gasteiger charge is -2.29. The predicted octanol–water partition coefficient (Wildman–Crippen LogP) is 3.58. The molecule has 3 nitrogen and oxygen atoms in total. The van der Waals surface area contributed by atoms with Crippen LogP contribution in [0.2, 0.25) is 0 Å². The third-order valence-electron chi connectivity index (χ3n) is 4.10. The van der Waals surface area contributed by atoms with Gasteiger partial charge in [-0.2, -0.15) is 0 Å². The van der Waals surface area contributed by atoms with E-state index in [-0.39, 0.29) is 30.5 Å². The Morgan fingerprint density at radius 1 is 1.08 bits per heavy atom. The van der Waals surface area contributed by atoms with Crippen molar-refractivity contribution in [2.75, 3.05) is 13.7 Å². The van der Waals surface area contributed by atoms with E-state index in [9.17, 15) is 13.6 Å². The number of hydrogen-bond donors (Lipinski definition) is 1. The topological polar surface area (TPSA) is 38.3 Å². The van der Waals surface area contributed by atoms with Crippen LogP contribution in [0.1, 0.15) is 24.5 Å². The van der Waals surface area contributed by atoms with Gasteiger partial charge in [0.05, 0.1) is 6.54 Å². The van der Waals surface area contributed by atoms with Crippen LogP contribution in [0.15, 0.2) is 48.5 Å². The SMILES string of the molecule is COC(C)(CNC(=O)CCc1ccccc1F)c1ccccc1F. The number of hydrogen-bond acceptors (Lipinski definition) is 2. The Kier molecular flexibility index (Phi) is 6.04. The first kappa shape index (κ1) is 18.1. The van der Waals surface area contributed by atoms with E-state index in [1.165, 1.54) is 19.2 Å². The highest BCUT2D eigenvalue weighted by Crippen LogP contribution is 2.26. The summed E-state index contributed by atoms with van der Waals surface area (Å²) in [5.41, 5.74) is -0.0999. The first-order valence-corrected chi connectivity index (χ1v) is 7.76. The number of methoxy groups -OCH3 is 1. The molecule has 0 bridgehead atoms. The first-order chi connectivity index (χ1) is 11.5. The minimum absolute atomic E-state index is 0.126. The molecule has 0 fully saturated rings. The largest absolute Gasteiger partial charge is 0.372 e. The minimum atomic E-state index is -0.973. The lowest BCUT2D eigenvalue weighted by atomic mass is 9.95. The quantitative estimate of drug-likeness (QED) is 0.841. The second-order valence-electron chi connectivity index (χ2n) is 5.78. The maximum Gasteiger partial charge on any atom is 0.220 e. The van der Waals surface area contributed by atoms with Crippen molar-refractivity contribution in [1.82, 2.24) is 5.32 Å². The molecule has 0 saturated carbocycles. The molecule has 1 unspecified atom stereocenters. The Morgan fingerprint density at radius 3 is 2.33 bits per heavy atom. The molecule has 1 N–H and O–H groups in total. The molecule has 0 spiro atoms. The van der Waals surface area contributed by atoms with Crippen LogP contribution in [-0.4, -0.2) is 19.6 Å². The van der Waals surface area contributed by atoms with Crippen LogP contribution in [0.25, 0.3) is 0 Å². The fourth-order valence-electron chi connectivity index (χ4n) is 2.47. The Labute approximate surface area is 140 Å². The number of rotatable bonds is 7. The third kappa shape index (κ3) is 4.38. The summed E-state index contributed by atoms with van der Waals surface area (Å²) in [6, 6.07) is 12.7. The molecular formula is C19H21F2NO2. The van der Waals surface area contributed by atoms with E-state index in [2.05, 4.69) is 5.32 Å². The number of carbonyl (C=O) groups excluding carboxylic acids is 1. The molecule has 0 heterocycles. The first-order valence-electron chi connectivity index (χ1n) is 7.76. The van der Waals surface area contributed by atoms with Crippen LogP contribution in [0.3, 0.4) is 0 Å². The summed E-state index contributed by atoms with van der Waals surface area (Å²) in [6.07, 6.45) is 0.458. The Hall–Kier alpha value is -2.27. The molecule has 0 aliphatic heterocycles. The standard InChI is InChI=1S/C19H21F2NO2/c1-19(24-2,15-8-4-6-10-17(15)21)13-22-18(23)12-11-14-7-3-5-9-16(14)20/h3-10H,11-13H2,1-2H3,(H,22,23). The molecule has 2 aromatic carbocycles. The molecule has 0 aliphatic carbocycles. The Balaban J connectivity index is 1.94. The van der Waals surface area contributed by atoms with E-state index in [1.807, 2.05) is 0 Å². The number of halogens is 2. The molecule has 5 heteroatoms. The van der Waals surface area contributed by atoms with Crippen LogP contribution in [0, 0.1) is 11.6 Å². The number of amides is 1.